The molecule has 0 bridgehead atoms. The van der Waals surface area contributed by atoms with E-state index >= 15 is 0 Å². The Labute approximate surface area is 126 Å². The van der Waals surface area contributed by atoms with Crippen LogP contribution in [0.1, 0.15) is 33.3 Å². The minimum Gasteiger partial charge on any atom is -0.390 e. The van der Waals surface area contributed by atoms with E-state index in [0.29, 0.717) is 13.1 Å². The molecule has 0 aromatic heterocycles. The van der Waals surface area contributed by atoms with Gasteiger partial charge in [-0.05, 0) is 52.4 Å². The highest BCUT2D eigenvalue weighted by Gasteiger charge is 2.53. The summed E-state index contributed by atoms with van der Waals surface area (Å²) in [5.41, 5.74) is 0.0236. The molecule has 1 heterocycles. The van der Waals surface area contributed by atoms with Crippen LogP contribution in [0.25, 0.3) is 0 Å². The summed E-state index contributed by atoms with van der Waals surface area (Å²) in [6.07, 6.45) is -0.512. The molecule has 1 aromatic rings. The van der Waals surface area contributed by atoms with Crippen LogP contribution in [0, 0.1) is 11.7 Å². The summed E-state index contributed by atoms with van der Waals surface area (Å²) in [5, 5.41) is 10.5. The predicted octanol–water partition coefficient (Wildman–Crippen LogP) is 2.82. The lowest BCUT2D eigenvalue weighted by Crippen LogP contribution is -2.42. The van der Waals surface area contributed by atoms with Crippen molar-refractivity contribution in [1.82, 2.24) is 4.90 Å². The third-order valence-electron chi connectivity index (χ3n) is 4.36. The Morgan fingerprint density at radius 2 is 1.90 bits per heavy atom. The molecule has 0 radical (unpaired) electrons. The Bertz CT molecular complexity index is 501. The Morgan fingerprint density at radius 3 is 2.43 bits per heavy atom. The molecule has 118 valence electrons. The van der Waals surface area contributed by atoms with Crippen molar-refractivity contribution in [3.63, 3.8) is 0 Å². The maximum atomic E-state index is 13.2. The summed E-state index contributed by atoms with van der Waals surface area (Å²) >= 11 is 0. The van der Waals surface area contributed by atoms with Crippen LogP contribution in [0.4, 0.5) is 4.39 Å². The van der Waals surface area contributed by atoms with Gasteiger partial charge >= 0.3 is 0 Å². The van der Waals surface area contributed by atoms with E-state index in [2.05, 4.69) is 4.90 Å². The van der Waals surface area contributed by atoms with Crippen molar-refractivity contribution in [1.29, 1.82) is 0 Å². The van der Waals surface area contributed by atoms with Crippen LogP contribution in [0.3, 0.4) is 0 Å². The van der Waals surface area contributed by atoms with Crippen molar-refractivity contribution >= 4 is 0 Å². The Balaban J connectivity index is 2.04. The number of ether oxygens (including phenoxy) is 1. The van der Waals surface area contributed by atoms with Crippen molar-refractivity contribution in [2.75, 3.05) is 13.6 Å². The molecule has 0 saturated carbocycles. The normalized spacial score (nSPS) is 27.2. The van der Waals surface area contributed by atoms with Gasteiger partial charge in [0.2, 0.25) is 0 Å². The van der Waals surface area contributed by atoms with E-state index in [9.17, 15) is 9.50 Å². The Kier molecular flexibility index (Phi) is 4.43. The largest absolute Gasteiger partial charge is 0.390 e. The molecule has 1 aliphatic rings. The third kappa shape index (κ3) is 3.62. The SMILES string of the molecule is CN(Cc1cccc(F)c1)CC1C(O)C(C)(C)OC1(C)C. The van der Waals surface area contributed by atoms with Crippen LogP contribution in [0.5, 0.6) is 0 Å². The number of aliphatic hydroxyl groups excluding tert-OH is 1. The molecular formula is C17H26FNO2. The Morgan fingerprint density at radius 1 is 1.24 bits per heavy atom. The lowest BCUT2D eigenvalue weighted by molar-refractivity contribution is -0.0912. The number of hydrogen-bond acceptors (Lipinski definition) is 3. The second-order valence-corrected chi connectivity index (χ2v) is 7.19. The van der Waals surface area contributed by atoms with Gasteiger partial charge in [-0.25, -0.2) is 4.39 Å². The maximum absolute atomic E-state index is 13.2. The maximum Gasteiger partial charge on any atom is 0.123 e. The average molecular weight is 295 g/mol. The highest BCUT2D eigenvalue weighted by Crippen LogP contribution is 2.42. The van der Waals surface area contributed by atoms with Gasteiger partial charge in [0.05, 0.1) is 17.3 Å². The number of benzene rings is 1. The molecule has 0 spiro atoms. The van der Waals surface area contributed by atoms with E-state index in [1.54, 1.807) is 12.1 Å². The fraction of sp³-hybridized carbons (Fsp3) is 0.647. The van der Waals surface area contributed by atoms with Crippen LogP contribution < -0.4 is 0 Å². The van der Waals surface area contributed by atoms with Crippen molar-refractivity contribution < 1.29 is 14.2 Å². The molecule has 0 aliphatic carbocycles. The lowest BCUT2D eigenvalue weighted by Gasteiger charge is -2.30. The monoisotopic (exact) mass is 295 g/mol. The minimum absolute atomic E-state index is 0.0195. The Hall–Kier alpha value is -0.970. The number of nitrogens with zero attached hydrogens (tertiary/aromatic N) is 1. The molecule has 1 saturated heterocycles. The summed E-state index contributed by atoms with van der Waals surface area (Å²) in [6, 6.07) is 6.63. The first-order valence-electron chi connectivity index (χ1n) is 7.43. The molecule has 4 heteroatoms. The summed E-state index contributed by atoms with van der Waals surface area (Å²) in [5.74, 6) is -0.197. The fourth-order valence-corrected chi connectivity index (χ4v) is 3.35. The highest BCUT2D eigenvalue weighted by atomic mass is 19.1. The molecule has 2 atom stereocenters. The van der Waals surface area contributed by atoms with Crippen LogP contribution in [-0.2, 0) is 11.3 Å². The van der Waals surface area contributed by atoms with Gasteiger partial charge in [0, 0.05) is 19.0 Å². The zero-order valence-corrected chi connectivity index (χ0v) is 13.6. The average Bonchev–Trinajstić information content (AvgIpc) is 2.47. The van der Waals surface area contributed by atoms with E-state index in [1.165, 1.54) is 6.07 Å². The molecule has 3 nitrogen and oxygen atoms in total. The quantitative estimate of drug-likeness (QED) is 0.927. The van der Waals surface area contributed by atoms with E-state index in [1.807, 2.05) is 40.8 Å². The van der Waals surface area contributed by atoms with Gasteiger partial charge in [-0.3, -0.25) is 0 Å². The molecule has 1 aliphatic heterocycles. The molecular weight excluding hydrogens is 269 g/mol. The highest BCUT2D eigenvalue weighted by molar-refractivity contribution is 5.16. The van der Waals surface area contributed by atoms with Gasteiger partial charge in [0.1, 0.15) is 5.82 Å². The van der Waals surface area contributed by atoms with Crippen LogP contribution in [-0.4, -0.2) is 40.9 Å². The second-order valence-electron chi connectivity index (χ2n) is 7.19. The number of hydrogen-bond donors (Lipinski definition) is 1. The summed E-state index contributed by atoms with van der Waals surface area (Å²) in [7, 11) is 1.99. The smallest absolute Gasteiger partial charge is 0.123 e. The van der Waals surface area contributed by atoms with Crippen molar-refractivity contribution in [2.45, 2.75) is 51.5 Å². The molecule has 2 rings (SSSR count). The zero-order valence-electron chi connectivity index (χ0n) is 13.6. The van der Waals surface area contributed by atoms with E-state index in [4.69, 9.17) is 4.74 Å². The molecule has 21 heavy (non-hydrogen) atoms. The third-order valence-corrected chi connectivity index (χ3v) is 4.36. The van der Waals surface area contributed by atoms with E-state index in [0.717, 1.165) is 5.56 Å². The predicted molar refractivity (Wildman–Crippen MR) is 81.5 cm³/mol. The number of aliphatic hydroxyl groups is 1. The molecule has 1 aromatic carbocycles. The minimum atomic E-state index is -0.534. The van der Waals surface area contributed by atoms with Gasteiger partial charge in [-0.1, -0.05) is 12.1 Å². The number of rotatable bonds is 4. The summed E-state index contributed by atoms with van der Waals surface area (Å²) < 4.78 is 19.2. The van der Waals surface area contributed by atoms with Gasteiger partial charge in [0.15, 0.2) is 0 Å². The standard InChI is InChI=1S/C17H26FNO2/c1-16(2)14(15(20)17(3,4)21-16)11-19(5)10-12-7-6-8-13(18)9-12/h6-9,14-15,20H,10-11H2,1-5H3. The van der Waals surface area contributed by atoms with Crippen LogP contribution in [0.15, 0.2) is 24.3 Å². The topological polar surface area (TPSA) is 32.7 Å². The molecule has 0 amide bonds. The summed E-state index contributed by atoms with van der Waals surface area (Å²) in [4.78, 5) is 2.11. The molecule has 1 N–H and O–H groups in total. The van der Waals surface area contributed by atoms with Crippen LogP contribution in [0.2, 0.25) is 0 Å². The second kappa shape index (κ2) is 5.67. The van der Waals surface area contributed by atoms with Crippen LogP contribution >= 0.6 is 0 Å². The van der Waals surface area contributed by atoms with Gasteiger partial charge in [-0.2, -0.15) is 0 Å². The molecule has 2 unspecified atom stereocenters. The van der Waals surface area contributed by atoms with E-state index in [-0.39, 0.29) is 17.3 Å². The molecule has 1 fully saturated rings. The van der Waals surface area contributed by atoms with Crippen molar-refractivity contribution in [3.8, 4) is 0 Å². The van der Waals surface area contributed by atoms with Gasteiger partial charge in [0.25, 0.3) is 0 Å². The first-order chi connectivity index (χ1) is 9.62. The van der Waals surface area contributed by atoms with Gasteiger partial charge < -0.3 is 14.7 Å². The van der Waals surface area contributed by atoms with Gasteiger partial charge in [-0.15, -0.1) is 0 Å². The van der Waals surface area contributed by atoms with E-state index < -0.39 is 11.7 Å². The first-order valence-corrected chi connectivity index (χ1v) is 7.43. The first kappa shape index (κ1) is 16.4. The summed E-state index contributed by atoms with van der Waals surface area (Å²) in [6.45, 7) is 9.24. The lowest BCUT2D eigenvalue weighted by atomic mass is 9.84. The zero-order chi connectivity index (χ0) is 15.8. The fourth-order valence-electron chi connectivity index (χ4n) is 3.35. The van der Waals surface area contributed by atoms with Crippen molar-refractivity contribution in [2.24, 2.45) is 5.92 Å². The van der Waals surface area contributed by atoms with Crippen molar-refractivity contribution in [3.05, 3.63) is 35.6 Å². The number of halogens is 1.